The highest BCUT2D eigenvalue weighted by molar-refractivity contribution is 5.81. The Labute approximate surface area is 106 Å². The van der Waals surface area contributed by atoms with Gasteiger partial charge in [-0.15, -0.1) is 0 Å². The molecule has 86 valence electrons. The van der Waals surface area contributed by atoms with E-state index in [1.165, 1.54) is 22.1 Å². The second-order valence-corrected chi connectivity index (χ2v) is 4.80. The monoisotopic (exact) mass is 233 g/mol. The van der Waals surface area contributed by atoms with E-state index in [4.69, 9.17) is 4.42 Å². The van der Waals surface area contributed by atoms with E-state index in [1.807, 2.05) is 12.1 Å². The van der Waals surface area contributed by atoms with Gasteiger partial charge in [0.1, 0.15) is 0 Å². The van der Waals surface area contributed by atoms with Crippen molar-refractivity contribution in [2.24, 2.45) is 0 Å². The van der Waals surface area contributed by atoms with E-state index in [9.17, 15) is 0 Å². The van der Waals surface area contributed by atoms with Crippen molar-refractivity contribution in [2.45, 2.75) is 12.8 Å². The molecule has 0 bridgehead atoms. The van der Waals surface area contributed by atoms with Crippen LogP contribution in [0.15, 0.2) is 59.0 Å². The van der Waals surface area contributed by atoms with Gasteiger partial charge in [-0.3, -0.25) is 0 Å². The average molecular weight is 233 g/mol. The molecule has 1 aromatic heterocycles. The molecule has 0 amide bonds. The van der Waals surface area contributed by atoms with Crippen LogP contribution in [0.25, 0.3) is 22.3 Å². The van der Waals surface area contributed by atoms with Crippen LogP contribution in [0.1, 0.15) is 11.1 Å². The number of hydrogen-bond acceptors (Lipinski definition) is 0. The van der Waals surface area contributed by atoms with E-state index in [2.05, 4.69) is 42.5 Å². The number of para-hydroxylation sites is 1. The lowest BCUT2D eigenvalue weighted by atomic mass is 9.89. The summed E-state index contributed by atoms with van der Waals surface area (Å²) in [5, 5.41) is 1.19. The van der Waals surface area contributed by atoms with Crippen LogP contribution in [0.5, 0.6) is 0 Å². The topological polar surface area (TPSA) is 11.3 Å². The Morgan fingerprint density at radius 1 is 0.778 bits per heavy atom. The number of hydrogen-bond donors (Lipinski definition) is 0. The highest BCUT2D eigenvalue weighted by Crippen LogP contribution is 2.35. The lowest BCUT2D eigenvalue weighted by Crippen LogP contribution is -2.03. The molecular weight excluding hydrogens is 220 g/mol. The minimum Gasteiger partial charge on any atom is -0.207 e. The zero-order valence-electron chi connectivity index (χ0n) is 10.0. The second-order valence-electron chi connectivity index (χ2n) is 4.80. The summed E-state index contributed by atoms with van der Waals surface area (Å²) in [5.74, 6) is 1.05. The summed E-state index contributed by atoms with van der Waals surface area (Å²) in [6.45, 7) is 0. The average Bonchev–Trinajstić information content (AvgIpc) is 2.45. The van der Waals surface area contributed by atoms with E-state index >= 15 is 0 Å². The fraction of sp³-hybridized carbons (Fsp3) is 0.118. The van der Waals surface area contributed by atoms with Gasteiger partial charge in [0, 0.05) is 6.07 Å². The SMILES string of the molecule is c1ccc2c(c1)CCc1cc3ccccc3[o+]c1-2. The molecule has 1 aliphatic carbocycles. The van der Waals surface area contributed by atoms with Crippen molar-refractivity contribution in [3.05, 3.63) is 65.7 Å². The number of aryl methyl sites for hydroxylation is 2. The summed E-state index contributed by atoms with van der Waals surface area (Å²) >= 11 is 0. The van der Waals surface area contributed by atoms with Crippen LogP contribution in [-0.4, -0.2) is 0 Å². The number of rotatable bonds is 0. The maximum Gasteiger partial charge on any atom is 0.364 e. The lowest BCUT2D eigenvalue weighted by Gasteiger charge is -2.12. The van der Waals surface area contributed by atoms with Gasteiger partial charge in [0.15, 0.2) is 0 Å². The zero-order valence-corrected chi connectivity index (χ0v) is 10.0. The van der Waals surface area contributed by atoms with Gasteiger partial charge in [-0.1, -0.05) is 30.3 Å². The van der Waals surface area contributed by atoms with Crippen LogP contribution in [0.3, 0.4) is 0 Å². The lowest BCUT2D eigenvalue weighted by molar-refractivity contribution is 0.604. The van der Waals surface area contributed by atoms with Crippen molar-refractivity contribution in [1.29, 1.82) is 0 Å². The molecule has 3 aromatic rings. The molecule has 1 heteroatoms. The Balaban J connectivity index is 2.06. The molecule has 0 N–H and O–H groups in total. The molecule has 0 saturated heterocycles. The molecule has 18 heavy (non-hydrogen) atoms. The maximum atomic E-state index is 6.11. The molecular formula is C17H13O+. The van der Waals surface area contributed by atoms with E-state index in [-0.39, 0.29) is 0 Å². The molecule has 1 nitrogen and oxygen atoms in total. The molecule has 2 aromatic carbocycles. The van der Waals surface area contributed by atoms with Crippen LogP contribution in [0.2, 0.25) is 0 Å². The van der Waals surface area contributed by atoms with Crippen LogP contribution >= 0.6 is 0 Å². The van der Waals surface area contributed by atoms with E-state index in [1.54, 1.807) is 0 Å². The molecule has 1 aliphatic rings. The molecule has 4 rings (SSSR count). The molecule has 0 saturated carbocycles. The molecule has 0 unspecified atom stereocenters. The van der Waals surface area contributed by atoms with Crippen molar-refractivity contribution in [3.8, 4) is 11.3 Å². The summed E-state index contributed by atoms with van der Waals surface area (Å²) in [4.78, 5) is 0. The maximum absolute atomic E-state index is 6.11. The van der Waals surface area contributed by atoms with E-state index in [0.29, 0.717) is 0 Å². The van der Waals surface area contributed by atoms with Crippen LogP contribution in [-0.2, 0) is 12.8 Å². The Kier molecular flexibility index (Phi) is 2.01. The highest BCUT2D eigenvalue weighted by atomic mass is 16.3. The van der Waals surface area contributed by atoms with Gasteiger partial charge in [-0.05, 0) is 36.6 Å². The Morgan fingerprint density at radius 3 is 2.56 bits per heavy atom. The first-order valence-corrected chi connectivity index (χ1v) is 6.35. The van der Waals surface area contributed by atoms with Crippen molar-refractivity contribution >= 4 is 11.0 Å². The summed E-state index contributed by atoms with van der Waals surface area (Å²) in [6.07, 6.45) is 2.18. The van der Waals surface area contributed by atoms with Crippen LogP contribution < -0.4 is 0 Å². The molecule has 0 fully saturated rings. The Hall–Kier alpha value is -2.15. The van der Waals surface area contributed by atoms with Gasteiger partial charge in [0.25, 0.3) is 0 Å². The molecule has 0 aliphatic heterocycles. The minimum absolute atomic E-state index is 0.966. The summed E-state index contributed by atoms with van der Waals surface area (Å²) in [5.41, 5.74) is 4.94. The molecule has 0 radical (unpaired) electrons. The van der Waals surface area contributed by atoms with Crippen molar-refractivity contribution in [2.75, 3.05) is 0 Å². The normalized spacial score (nSPS) is 13.1. The Bertz CT molecular complexity index is 743. The Morgan fingerprint density at radius 2 is 1.56 bits per heavy atom. The number of fused-ring (bicyclic) bond motifs is 4. The number of benzene rings is 2. The van der Waals surface area contributed by atoms with Gasteiger partial charge in [-0.2, -0.15) is 0 Å². The minimum atomic E-state index is 0.966. The summed E-state index contributed by atoms with van der Waals surface area (Å²) in [6, 6.07) is 19.0. The first kappa shape index (κ1) is 9.84. The zero-order chi connectivity index (χ0) is 11.9. The van der Waals surface area contributed by atoms with Gasteiger partial charge in [0.2, 0.25) is 0 Å². The second kappa shape index (κ2) is 3.67. The van der Waals surface area contributed by atoms with E-state index in [0.717, 1.165) is 24.2 Å². The third kappa shape index (κ3) is 1.37. The standard InChI is InChI=1S/C17H13O/c1-3-7-15-12(5-1)9-10-14-11-13-6-2-4-8-16(13)18-17(14)15/h1-8,11H,9-10H2/q+1. The molecule has 0 atom stereocenters. The first-order chi connectivity index (χ1) is 8.92. The predicted molar refractivity (Wildman–Crippen MR) is 73.5 cm³/mol. The fourth-order valence-electron chi connectivity index (χ4n) is 2.76. The van der Waals surface area contributed by atoms with Crippen LogP contribution in [0.4, 0.5) is 0 Å². The van der Waals surface area contributed by atoms with Crippen LogP contribution in [0, 0.1) is 0 Å². The van der Waals surface area contributed by atoms with Crippen molar-refractivity contribution in [1.82, 2.24) is 0 Å². The summed E-state index contributed by atoms with van der Waals surface area (Å²) < 4.78 is 6.11. The molecule has 1 heterocycles. The predicted octanol–water partition coefficient (Wildman–Crippen LogP) is 4.48. The van der Waals surface area contributed by atoms with E-state index < -0.39 is 0 Å². The highest BCUT2D eigenvalue weighted by Gasteiger charge is 2.27. The van der Waals surface area contributed by atoms with Gasteiger partial charge in [-0.25, -0.2) is 4.42 Å². The molecule has 0 spiro atoms. The van der Waals surface area contributed by atoms with Gasteiger partial charge >= 0.3 is 11.3 Å². The first-order valence-electron chi connectivity index (χ1n) is 6.35. The van der Waals surface area contributed by atoms with Gasteiger partial charge in [0.05, 0.1) is 16.5 Å². The van der Waals surface area contributed by atoms with Gasteiger partial charge < -0.3 is 0 Å². The third-order valence-electron chi connectivity index (χ3n) is 3.68. The third-order valence-corrected chi connectivity index (χ3v) is 3.68. The largest absolute Gasteiger partial charge is 0.364 e. The van der Waals surface area contributed by atoms with Crippen molar-refractivity contribution in [3.63, 3.8) is 0 Å². The smallest absolute Gasteiger partial charge is 0.207 e. The fourth-order valence-corrected chi connectivity index (χ4v) is 2.76. The summed E-state index contributed by atoms with van der Waals surface area (Å²) in [7, 11) is 0. The quantitative estimate of drug-likeness (QED) is 0.521. The van der Waals surface area contributed by atoms with Crippen molar-refractivity contribution < 1.29 is 4.42 Å².